The van der Waals surface area contributed by atoms with E-state index < -0.39 is 40.5 Å². The summed E-state index contributed by atoms with van der Waals surface area (Å²) in [5.74, 6) is -5.29. The minimum absolute atomic E-state index is 0.0498. The largest absolute Gasteiger partial charge is 0.478 e. The van der Waals surface area contributed by atoms with Crippen molar-refractivity contribution in [1.82, 2.24) is 0 Å². The Kier molecular flexibility index (Phi) is 3.93. The molecule has 0 atom stereocenters. The maximum atomic E-state index is 13.4. The molecule has 4 nitrogen and oxygen atoms in total. The normalized spacial score (nSPS) is 10.2. The summed E-state index contributed by atoms with van der Waals surface area (Å²) in [6, 6.07) is 5.32. The first-order valence-electron chi connectivity index (χ1n) is 5.67. The topological polar surface area (TPSA) is 66.4 Å². The summed E-state index contributed by atoms with van der Waals surface area (Å²) >= 11 is 0. The van der Waals surface area contributed by atoms with E-state index in [1.54, 1.807) is 0 Å². The van der Waals surface area contributed by atoms with Gasteiger partial charge in [0.2, 0.25) is 0 Å². The summed E-state index contributed by atoms with van der Waals surface area (Å²) in [5, 5.41) is 10.9. The van der Waals surface area contributed by atoms with Crippen LogP contribution in [0.4, 0.5) is 18.9 Å². The minimum atomic E-state index is -1.45. The zero-order chi connectivity index (χ0) is 15.6. The Morgan fingerprint density at radius 3 is 2.10 bits per heavy atom. The van der Waals surface area contributed by atoms with Gasteiger partial charge in [-0.3, -0.25) is 4.79 Å². The van der Waals surface area contributed by atoms with Gasteiger partial charge in [0, 0.05) is 11.8 Å². The second-order valence-electron chi connectivity index (χ2n) is 4.08. The molecule has 21 heavy (non-hydrogen) atoms. The Labute approximate surface area is 116 Å². The average Bonchev–Trinajstić information content (AvgIpc) is 2.37. The van der Waals surface area contributed by atoms with Gasteiger partial charge in [0.1, 0.15) is 17.5 Å². The van der Waals surface area contributed by atoms with E-state index in [0.29, 0.717) is 6.07 Å². The fourth-order valence-corrected chi connectivity index (χ4v) is 1.64. The van der Waals surface area contributed by atoms with Crippen molar-refractivity contribution in [3.63, 3.8) is 0 Å². The molecule has 0 aromatic heterocycles. The molecular formula is C14H8F3NO3. The van der Waals surface area contributed by atoms with Gasteiger partial charge >= 0.3 is 5.97 Å². The number of carboxylic acids is 1. The van der Waals surface area contributed by atoms with Crippen LogP contribution in [0, 0.1) is 17.5 Å². The molecule has 0 saturated carbocycles. The number of hydrogen-bond acceptors (Lipinski definition) is 2. The number of amides is 1. The number of hydrogen-bond donors (Lipinski definition) is 2. The molecule has 108 valence electrons. The Morgan fingerprint density at radius 1 is 0.905 bits per heavy atom. The highest BCUT2D eigenvalue weighted by Crippen LogP contribution is 2.17. The lowest BCUT2D eigenvalue weighted by molar-refractivity contribution is 0.0691. The standard InChI is InChI=1S/C14H8F3NO3/c15-7-1-3-9(11(16)5-7)13(19)18-8-2-4-10(14(20)21)12(17)6-8/h1-6H,(H,18,19)(H,20,21). The first-order chi connectivity index (χ1) is 9.88. The van der Waals surface area contributed by atoms with E-state index in [1.807, 2.05) is 0 Å². The van der Waals surface area contributed by atoms with Crippen LogP contribution in [0.3, 0.4) is 0 Å². The van der Waals surface area contributed by atoms with E-state index in [9.17, 15) is 22.8 Å². The Morgan fingerprint density at radius 2 is 1.52 bits per heavy atom. The highest BCUT2D eigenvalue weighted by atomic mass is 19.1. The van der Waals surface area contributed by atoms with Crippen molar-refractivity contribution in [2.45, 2.75) is 0 Å². The number of benzene rings is 2. The van der Waals surface area contributed by atoms with Gasteiger partial charge < -0.3 is 10.4 Å². The van der Waals surface area contributed by atoms with Crippen molar-refractivity contribution in [2.75, 3.05) is 5.32 Å². The van der Waals surface area contributed by atoms with Crippen molar-refractivity contribution in [3.05, 3.63) is 65.0 Å². The molecule has 0 spiro atoms. The Balaban J connectivity index is 2.23. The van der Waals surface area contributed by atoms with Crippen LogP contribution in [0.1, 0.15) is 20.7 Å². The van der Waals surface area contributed by atoms with Crippen LogP contribution in [-0.4, -0.2) is 17.0 Å². The summed E-state index contributed by atoms with van der Waals surface area (Å²) in [5.41, 5.74) is -1.02. The molecule has 2 N–H and O–H groups in total. The molecule has 0 fully saturated rings. The lowest BCUT2D eigenvalue weighted by atomic mass is 10.1. The first kappa shape index (κ1) is 14.6. The molecule has 0 aliphatic heterocycles. The fourth-order valence-electron chi connectivity index (χ4n) is 1.64. The monoisotopic (exact) mass is 295 g/mol. The van der Waals surface area contributed by atoms with E-state index >= 15 is 0 Å². The predicted octanol–water partition coefficient (Wildman–Crippen LogP) is 3.05. The van der Waals surface area contributed by atoms with Gasteiger partial charge in [0.05, 0.1) is 11.1 Å². The average molecular weight is 295 g/mol. The van der Waals surface area contributed by atoms with Gasteiger partial charge in [0.25, 0.3) is 5.91 Å². The number of aromatic carboxylic acids is 1. The molecule has 0 saturated heterocycles. The van der Waals surface area contributed by atoms with Gasteiger partial charge in [-0.2, -0.15) is 0 Å². The summed E-state index contributed by atoms with van der Waals surface area (Å²) < 4.78 is 39.6. The highest BCUT2D eigenvalue weighted by Gasteiger charge is 2.15. The summed E-state index contributed by atoms with van der Waals surface area (Å²) in [7, 11) is 0. The van der Waals surface area contributed by atoms with E-state index in [-0.39, 0.29) is 5.69 Å². The summed E-state index contributed by atoms with van der Waals surface area (Å²) in [4.78, 5) is 22.4. The maximum Gasteiger partial charge on any atom is 0.338 e. The summed E-state index contributed by atoms with van der Waals surface area (Å²) in [6.07, 6.45) is 0. The fraction of sp³-hybridized carbons (Fsp3) is 0. The smallest absolute Gasteiger partial charge is 0.338 e. The van der Waals surface area contributed by atoms with Crippen molar-refractivity contribution >= 4 is 17.6 Å². The second-order valence-corrected chi connectivity index (χ2v) is 4.08. The quantitative estimate of drug-likeness (QED) is 0.914. The molecule has 0 aliphatic rings. The van der Waals surface area contributed by atoms with Crippen LogP contribution >= 0.6 is 0 Å². The van der Waals surface area contributed by atoms with E-state index in [2.05, 4.69) is 5.32 Å². The van der Waals surface area contributed by atoms with Gasteiger partial charge in [-0.25, -0.2) is 18.0 Å². The van der Waals surface area contributed by atoms with E-state index in [4.69, 9.17) is 5.11 Å². The lowest BCUT2D eigenvalue weighted by Crippen LogP contribution is -2.14. The Hall–Kier alpha value is -2.83. The molecule has 1 amide bonds. The maximum absolute atomic E-state index is 13.4. The third-order valence-electron chi connectivity index (χ3n) is 2.63. The zero-order valence-electron chi connectivity index (χ0n) is 10.4. The number of nitrogens with one attached hydrogen (secondary N) is 1. The molecule has 0 radical (unpaired) electrons. The number of carboxylic acid groups (broad SMARTS) is 1. The third-order valence-corrected chi connectivity index (χ3v) is 2.63. The molecular weight excluding hydrogens is 287 g/mol. The van der Waals surface area contributed by atoms with E-state index in [1.165, 1.54) is 0 Å². The number of rotatable bonds is 3. The minimum Gasteiger partial charge on any atom is -0.478 e. The Bertz CT molecular complexity index is 731. The molecule has 0 heterocycles. The number of anilines is 1. The number of carbonyl (C=O) groups excluding carboxylic acids is 1. The molecule has 0 unspecified atom stereocenters. The number of carbonyl (C=O) groups is 2. The highest BCUT2D eigenvalue weighted by molar-refractivity contribution is 6.04. The number of halogens is 3. The van der Waals surface area contributed by atoms with Gasteiger partial charge in [-0.15, -0.1) is 0 Å². The SMILES string of the molecule is O=C(O)c1ccc(NC(=O)c2ccc(F)cc2F)cc1F. The zero-order valence-corrected chi connectivity index (χ0v) is 10.4. The van der Waals surface area contributed by atoms with Crippen LogP contribution in [0.5, 0.6) is 0 Å². The predicted molar refractivity (Wildman–Crippen MR) is 67.7 cm³/mol. The van der Waals surface area contributed by atoms with Gasteiger partial charge in [-0.1, -0.05) is 0 Å². The molecule has 2 rings (SSSR count). The summed E-state index contributed by atoms with van der Waals surface area (Å²) in [6.45, 7) is 0. The van der Waals surface area contributed by atoms with Crippen molar-refractivity contribution in [1.29, 1.82) is 0 Å². The van der Waals surface area contributed by atoms with E-state index in [0.717, 1.165) is 30.3 Å². The second kappa shape index (κ2) is 5.66. The lowest BCUT2D eigenvalue weighted by Gasteiger charge is -2.07. The van der Waals surface area contributed by atoms with Crippen LogP contribution in [0.25, 0.3) is 0 Å². The first-order valence-corrected chi connectivity index (χ1v) is 5.67. The van der Waals surface area contributed by atoms with Gasteiger partial charge in [-0.05, 0) is 30.3 Å². The molecule has 7 heteroatoms. The molecule has 0 aliphatic carbocycles. The van der Waals surface area contributed by atoms with Crippen LogP contribution < -0.4 is 5.32 Å². The van der Waals surface area contributed by atoms with Crippen molar-refractivity contribution < 1.29 is 27.9 Å². The van der Waals surface area contributed by atoms with Gasteiger partial charge in [0.15, 0.2) is 0 Å². The third kappa shape index (κ3) is 3.19. The van der Waals surface area contributed by atoms with Crippen molar-refractivity contribution in [3.8, 4) is 0 Å². The van der Waals surface area contributed by atoms with Crippen molar-refractivity contribution in [2.24, 2.45) is 0 Å². The van der Waals surface area contributed by atoms with Crippen LogP contribution in [0.15, 0.2) is 36.4 Å². The molecule has 2 aromatic carbocycles. The van der Waals surface area contributed by atoms with Crippen LogP contribution in [-0.2, 0) is 0 Å². The van der Waals surface area contributed by atoms with Crippen LogP contribution in [0.2, 0.25) is 0 Å². The molecule has 2 aromatic rings. The molecule has 0 bridgehead atoms.